The summed E-state index contributed by atoms with van der Waals surface area (Å²) in [6, 6.07) is -0.125. The maximum atomic E-state index is 12.5. The largest absolute Gasteiger partial charge is 0.340 e. The average Bonchev–Trinajstić information content (AvgIpc) is 2.34. The molecular weight excluding hydrogens is 228 g/mol. The number of piperazine rings is 1. The summed E-state index contributed by atoms with van der Waals surface area (Å²) >= 11 is 0. The minimum Gasteiger partial charge on any atom is -0.340 e. The normalized spacial score (nSPS) is 31.4. The Hall–Kier alpha value is -1.32. The smallest absolute Gasteiger partial charge is 0.248 e. The molecule has 1 aliphatic heterocycles. The van der Waals surface area contributed by atoms with Gasteiger partial charge in [0, 0.05) is 6.04 Å². The second-order valence-corrected chi connectivity index (χ2v) is 5.69. The van der Waals surface area contributed by atoms with Gasteiger partial charge in [-0.25, -0.2) is 0 Å². The van der Waals surface area contributed by atoms with E-state index in [4.69, 9.17) is 0 Å². The molecule has 0 radical (unpaired) electrons. The van der Waals surface area contributed by atoms with Gasteiger partial charge in [0.1, 0.15) is 11.6 Å². The van der Waals surface area contributed by atoms with Gasteiger partial charge in [0.2, 0.25) is 11.8 Å². The van der Waals surface area contributed by atoms with Crippen LogP contribution in [0.1, 0.15) is 46.5 Å². The van der Waals surface area contributed by atoms with E-state index in [0.29, 0.717) is 6.42 Å². The maximum Gasteiger partial charge on any atom is 0.248 e. The van der Waals surface area contributed by atoms with E-state index < -0.39 is 5.54 Å². The fraction of sp³-hybridized carbons (Fsp3) is 0.714. The number of allylic oxidation sites excluding steroid dienone is 1. The zero-order chi connectivity index (χ0) is 13.3. The molecule has 1 fully saturated rings. The highest BCUT2D eigenvalue weighted by Gasteiger charge is 2.46. The molecule has 1 saturated heterocycles. The molecule has 1 N–H and O–H groups in total. The monoisotopic (exact) mass is 250 g/mol. The Balaban J connectivity index is 2.29. The van der Waals surface area contributed by atoms with Crippen LogP contribution >= 0.6 is 0 Å². The Labute approximate surface area is 108 Å². The number of hydrogen-bond donors (Lipinski definition) is 1. The molecule has 1 aliphatic carbocycles. The molecule has 100 valence electrons. The Morgan fingerprint density at radius 1 is 1.39 bits per heavy atom. The molecule has 0 spiro atoms. The second-order valence-electron chi connectivity index (χ2n) is 5.69. The van der Waals surface area contributed by atoms with Crippen LogP contribution in [0.25, 0.3) is 0 Å². The van der Waals surface area contributed by atoms with Crippen LogP contribution in [0.5, 0.6) is 0 Å². The lowest BCUT2D eigenvalue weighted by atomic mass is 9.90. The lowest BCUT2D eigenvalue weighted by molar-refractivity contribution is -0.156. The van der Waals surface area contributed by atoms with Crippen molar-refractivity contribution in [1.82, 2.24) is 10.2 Å². The fourth-order valence-corrected chi connectivity index (χ4v) is 2.87. The molecule has 2 atom stereocenters. The summed E-state index contributed by atoms with van der Waals surface area (Å²) in [4.78, 5) is 26.5. The van der Waals surface area contributed by atoms with Crippen molar-refractivity contribution in [3.63, 3.8) is 0 Å². The number of nitrogens with zero attached hydrogens (tertiary/aromatic N) is 1. The fourth-order valence-electron chi connectivity index (χ4n) is 2.87. The van der Waals surface area contributed by atoms with Crippen molar-refractivity contribution >= 4 is 11.8 Å². The molecule has 0 aromatic heterocycles. The van der Waals surface area contributed by atoms with Crippen molar-refractivity contribution in [1.29, 1.82) is 0 Å². The standard InChI is InChI=1S/C14H22N2O2/c1-4-11-12(17)15-14(2,3)13(18)16(11)10-8-6-5-7-9-10/h5-6,10-11H,4,7-9H2,1-3H3,(H,15,17). The first kappa shape index (κ1) is 13.1. The summed E-state index contributed by atoms with van der Waals surface area (Å²) in [5.41, 5.74) is -0.774. The zero-order valence-electron chi connectivity index (χ0n) is 11.4. The van der Waals surface area contributed by atoms with Crippen molar-refractivity contribution in [3.05, 3.63) is 12.2 Å². The average molecular weight is 250 g/mol. The van der Waals surface area contributed by atoms with Gasteiger partial charge in [-0.05, 0) is 39.5 Å². The third-order valence-electron chi connectivity index (χ3n) is 3.86. The zero-order valence-corrected chi connectivity index (χ0v) is 11.4. The summed E-state index contributed by atoms with van der Waals surface area (Å²) in [6.07, 6.45) is 7.76. The van der Waals surface area contributed by atoms with Crippen molar-refractivity contribution in [3.8, 4) is 0 Å². The molecule has 4 heteroatoms. The minimum absolute atomic E-state index is 0.0170. The number of carbonyl (C=O) groups is 2. The minimum atomic E-state index is -0.774. The molecule has 0 saturated carbocycles. The van der Waals surface area contributed by atoms with E-state index in [9.17, 15) is 9.59 Å². The molecule has 2 amide bonds. The highest BCUT2D eigenvalue weighted by Crippen LogP contribution is 2.27. The Morgan fingerprint density at radius 3 is 2.67 bits per heavy atom. The van der Waals surface area contributed by atoms with E-state index >= 15 is 0 Å². The van der Waals surface area contributed by atoms with Gasteiger partial charge in [-0.3, -0.25) is 9.59 Å². The van der Waals surface area contributed by atoms with Crippen LogP contribution < -0.4 is 5.32 Å². The van der Waals surface area contributed by atoms with Gasteiger partial charge in [-0.15, -0.1) is 0 Å². The molecule has 18 heavy (non-hydrogen) atoms. The van der Waals surface area contributed by atoms with Gasteiger partial charge in [-0.2, -0.15) is 0 Å². The van der Waals surface area contributed by atoms with E-state index in [1.54, 1.807) is 13.8 Å². The van der Waals surface area contributed by atoms with E-state index in [-0.39, 0.29) is 23.9 Å². The molecule has 2 unspecified atom stereocenters. The number of rotatable bonds is 2. The molecule has 2 aliphatic rings. The summed E-state index contributed by atoms with van der Waals surface area (Å²) in [5, 5.41) is 2.83. The highest BCUT2D eigenvalue weighted by atomic mass is 16.2. The predicted molar refractivity (Wildman–Crippen MR) is 69.9 cm³/mol. The topological polar surface area (TPSA) is 49.4 Å². The van der Waals surface area contributed by atoms with Crippen LogP contribution in [0.2, 0.25) is 0 Å². The molecular formula is C14H22N2O2. The summed E-state index contributed by atoms with van der Waals surface area (Å²) in [5.74, 6) is 0.0332. The quantitative estimate of drug-likeness (QED) is 0.757. The summed E-state index contributed by atoms with van der Waals surface area (Å²) in [7, 11) is 0. The third-order valence-corrected chi connectivity index (χ3v) is 3.86. The van der Waals surface area contributed by atoms with Crippen molar-refractivity contribution < 1.29 is 9.59 Å². The summed E-state index contributed by atoms with van der Waals surface area (Å²) in [6.45, 7) is 5.52. The lowest BCUT2D eigenvalue weighted by Crippen LogP contribution is -2.69. The molecule has 1 heterocycles. The van der Waals surface area contributed by atoms with Gasteiger partial charge in [-0.1, -0.05) is 19.1 Å². The van der Waals surface area contributed by atoms with Gasteiger partial charge < -0.3 is 10.2 Å². The molecule has 2 rings (SSSR count). The third kappa shape index (κ3) is 2.16. The van der Waals surface area contributed by atoms with Crippen LogP contribution in [0.15, 0.2) is 12.2 Å². The van der Waals surface area contributed by atoms with E-state index in [1.165, 1.54) is 0 Å². The van der Waals surface area contributed by atoms with E-state index in [0.717, 1.165) is 19.3 Å². The molecule has 0 aromatic carbocycles. The molecule has 4 nitrogen and oxygen atoms in total. The number of nitrogens with one attached hydrogen (secondary N) is 1. The van der Waals surface area contributed by atoms with Crippen LogP contribution in [-0.2, 0) is 9.59 Å². The lowest BCUT2D eigenvalue weighted by Gasteiger charge is -2.46. The molecule has 0 aromatic rings. The first-order valence-electron chi connectivity index (χ1n) is 6.77. The SMILES string of the molecule is CCC1C(=O)NC(C)(C)C(=O)N1C1CC=CCC1. The maximum absolute atomic E-state index is 12.5. The first-order chi connectivity index (χ1) is 8.47. The predicted octanol–water partition coefficient (Wildman–Crippen LogP) is 1.61. The van der Waals surface area contributed by atoms with Crippen LogP contribution in [-0.4, -0.2) is 34.3 Å². The number of amides is 2. The van der Waals surface area contributed by atoms with Gasteiger partial charge in [0.15, 0.2) is 0 Å². The van der Waals surface area contributed by atoms with Crippen LogP contribution in [0.4, 0.5) is 0 Å². The van der Waals surface area contributed by atoms with Crippen LogP contribution in [0.3, 0.4) is 0 Å². The Bertz CT molecular complexity index is 387. The van der Waals surface area contributed by atoms with Gasteiger partial charge in [0.25, 0.3) is 0 Å². The van der Waals surface area contributed by atoms with Crippen molar-refractivity contribution in [2.45, 2.75) is 64.1 Å². The van der Waals surface area contributed by atoms with E-state index in [1.807, 2.05) is 11.8 Å². The van der Waals surface area contributed by atoms with E-state index in [2.05, 4.69) is 17.5 Å². The first-order valence-corrected chi connectivity index (χ1v) is 6.77. The summed E-state index contributed by atoms with van der Waals surface area (Å²) < 4.78 is 0. The van der Waals surface area contributed by atoms with Crippen LogP contribution in [0, 0.1) is 0 Å². The second kappa shape index (κ2) is 4.75. The number of carbonyl (C=O) groups excluding carboxylic acids is 2. The highest BCUT2D eigenvalue weighted by molar-refractivity contribution is 5.99. The molecule has 0 bridgehead atoms. The van der Waals surface area contributed by atoms with Crippen molar-refractivity contribution in [2.75, 3.05) is 0 Å². The van der Waals surface area contributed by atoms with Gasteiger partial charge in [0.05, 0.1) is 0 Å². The Kier molecular flexibility index (Phi) is 3.46. The van der Waals surface area contributed by atoms with Gasteiger partial charge >= 0.3 is 0 Å². The number of hydrogen-bond acceptors (Lipinski definition) is 2. The Morgan fingerprint density at radius 2 is 2.11 bits per heavy atom. The van der Waals surface area contributed by atoms with Crippen molar-refractivity contribution in [2.24, 2.45) is 0 Å².